The molecule has 1 saturated heterocycles. The quantitative estimate of drug-likeness (QED) is 0.848. The Morgan fingerprint density at radius 2 is 1.86 bits per heavy atom. The zero-order valence-electron chi connectivity index (χ0n) is 12.1. The standard InChI is InChI=1S/C14H18F3NO3S/c1-2-21-11-6-8-12(9-7-11)22(19,20)18-10-4-3-5-13(18)14(15,16)17/h6-9,13H,2-5,10H2,1H3. The molecule has 0 spiro atoms. The van der Waals surface area contributed by atoms with Gasteiger partial charge in [-0.25, -0.2) is 8.42 Å². The average molecular weight is 337 g/mol. The van der Waals surface area contributed by atoms with E-state index in [9.17, 15) is 21.6 Å². The topological polar surface area (TPSA) is 46.6 Å². The first kappa shape index (κ1) is 17.1. The highest BCUT2D eigenvalue weighted by molar-refractivity contribution is 7.89. The second-order valence-electron chi connectivity index (χ2n) is 5.07. The van der Waals surface area contributed by atoms with Crippen LogP contribution in [0.4, 0.5) is 13.2 Å². The maximum atomic E-state index is 13.1. The number of nitrogens with zero attached hydrogens (tertiary/aromatic N) is 1. The summed E-state index contributed by atoms with van der Waals surface area (Å²) >= 11 is 0. The number of halogens is 3. The molecule has 8 heteroatoms. The van der Waals surface area contributed by atoms with Gasteiger partial charge in [0.05, 0.1) is 11.5 Å². The number of sulfonamides is 1. The van der Waals surface area contributed by atoms with E-state index in [1.165, 1.54) is 24.3 Å². The lowest BCUT2D eigenvalue weighted by Gasteiger charge is -2.35. The van der Waals surface area contributed by atoms with Crippen molar-refractivity contribution in [1.82, 2.24) is 4.31 Å². The van der Waals surface area contributed by atoms with Crippen molar-refractivity contribution in [2.75, 3.05) is 13.2 Å². The SMILES string of the molecule is CCOc1ccc(S(=O)(=O)N2CCCCC2C(F)(F)F)cc1. The second kappa shape index (κ2) is 6.45. The van der Waals surface area contributed by atoms with Crippen LogP contribution in [0.1, 0.15) is 26.2 Å². The molecule has 1 heterocycles. The van der Waals surface area contributed by atoms with Gasteiger partial charge in [-0.2, -0.15) is 17.5 Å². The number of hydrogen-bond acceptors (Lipinski definition) is 3. The lowest BCUT2D eigenvalue weighted by atomic mass is 10.1. The van der Waals surface area contributed by atoms with Crippen LogP contribution in [-0.4, -0.2) is 38.1 Å². The van der Waals surface area contributed by atoms with E-state index in [1.807, 2.05) is 0 Å². The van der Waals surface area contributed by atoms with Crippen molar-refractivity contribution < 1.29 is 26.3 Å². The molecule has 2 rings (SSSR count). The van der Waals surface area contributed by atoms with Crippen LogP contribution in [0, 0.1) is 0 Å². The first-order valence-electron chi connectivity index (χ1n) is 7.08. The molecule has 124 valence electrons. The van der Waals surface area contributed by atoms with E-state index < -0.39 is 22.2 Å². The molecule has 0 amide bonds. The van der Waals surface area contributed by atoms with Crippen molar-refractivity contribution in [1.29, 1.82) is 0 Å². The Kier molecular flexibility index (Phi) is 5.01. The fraction of sp³-hybridized carbons (Fsp3) is 0.571. The Labute approximate surface area is 127 Å². The van der Waals surface area contributed by atoms with Crippen LogP contribution in [0.5, 0.6) is 5.75 Å². The molecule has 0 N–H and O–H groups in total. The minimum atomic E-state index is -4.56. The molecule has 0 radical (unpaired) electrons. The predicted octanol–water partition coefficient (Wildman–Crippen LogP) is 3.19. The summed E-state index contributed by atoms with van der Waals surface area (Å²) in [7, 11) is -4.17. The minimum Gasteiger partial charge on any atom is -0.494 e. The van der Waals surface area contributed by atoms with E-state index in [4.69, 9.17) is 4.74 Å². The van der Waals surface area contributed by atoms with Crippen LogP contribution in [0.25, 0.3) is 0 Å². The smallest absolute Gasteiger partial charge is 0.405 e. The van der Waals surface area contributed by atoms with E-state index in [0.717, 1.165) is 0 Å². The summed E-state index contributed by atoms with van der Waals surface area (Å²) in [4.78, 5) is -0.146. The van der Waals surface area contributed by atoms with E-state index >= 15 is 0 Å². The Hall–Kier alpha value is -1.28. The number of hydrogen-bond donors (Lipinski definition) is 0. The normalized spacial score (nSPS) is 20.8. The molecule has 4 nitrogen and oxygen atoms in total. The second-order valence-corrected chi connectivity index (χ2v) is 6.96. The Morgan fingerprint density at radius 1 is 1.23 bits per heavy atom. The maximum absolute atomic E-state index is 13.1. The van der Waals surface area contributed by atoms with Crippen molar-refractivity contribution in [3.05, 3.63) is 24.3 Å². The Balaban J connectivity index is 2.31. The monoisotopic (exact) mass is 337 g/mol. The van der Waals surface area contributed by atoms with Gasteiger partial charge in [0.15, 0.2) is 0 Å². The van der Waals surface area contributed by atoms with Crippen molar-refractivity contribution in [3.63, 3.8) is 0 Å². The van der Waals surface area contributed by atoms with Crippen LogP contribution in [0.2, 0.25) is 0 Å². The van der Waals surface area contributed by atoms with Crippen LogP contribution < -0.4 is 4.74 Å². The lowest BCUT2D eigenvalue weighted by Crippen LogP contribution is -2.51. The summed E-state index contributed by atoms with van der Waals surface area (Å²) < 4.78 is 70.0. The third-order valence-electron chi connectivity index (χ3n) is 3.57. The van der Waals surface area contributed by atoms with E-state index in [0.29, 0.717) is 29.5 Å². The Morgan fingerprint density at radius 3 is 2.41 bits per heavy atom. The third kappa shape index (κ3) is 3.55. The molecule has 1 aromatic rings. The minimum absolute atomic E-state index is 0.111. The zero-order chi connectivity index (χ0) is 16.4. The van der Waals surface area contributed by atoms with Crippen LogP contribution >= 0.6 is 0 Å². The fourth-order valence-corrected chi connectivity index (χ4v) is 4.21. The summed E-state index contributed by atoms with van der Waals surface area (Å²) in [6, 6.07) is 3.51. The van der Waals surface area contributed by atoms with Crippen LogP contribution in [-0.2, 0) is 10.0 Å². The number of benzene rings is 1. The Bertz CT molecular complexity index is 599. The van der Waals surface area contributed by atoms with Crippen LogP contribution in [0.15, 0.2) is 29.2 Å². The molecule has 0 aromatic heterocycles. The van der Waals surface area contributed by atoms with Gasteiger partial charge in [0.1, 0.15) is 11.8 Å². The van der Waals surface area contributed by atoms with E-state index in [-0.39, 0.29) is 17.9 Å². The number of alkyl halides is 3. The summed E-state index contributed by atoms with van der Waals surface area (Å²) in [6.45, 7) is 2.10. The van der Waals surface area contributed by atoms with Gasteiger partial charge in [-0.3, -0.25) is 0 Å². The van der Waals surface area contributed by atoms with Crippen LogP contribution in [0.3, 0.4) is 0 Å². The third-order valence-corrected chi connectivity index (χ3v) is 5.50. The summed E-state index contributed by atoms with van der Waals surface area (Å²) in [5, 5.41) is 0. The molecule has 1 aliphatic heterocycles. The van der Waals surface area contributed by atoms with Gasteiger partial charge in [0.2, 0.25) is 10.0 Å². The molecule has 0 bridgehead atoms. The molecule has 1 fully saturated rings. The highest BCUT2D eigenvalue weighted by Gasteiger charge is 2.48. The molecular weight excluding hydrogens is 319 g/mol. The van der Waals surface area contributed by atoms with Gasteiger partial charge in [-0.15, -0.1) is 0 Å². The summed E-state index contributed by atoms with van der Waals surface area (Å²) in [6.07, 6.45) is -3.94. The maximum Gasteiger partial charge on any atom is 0.405 e. The number of rotatable bonds is 4. The predicted molar refractivity (Wildman–Crippen MR) is 75.2 cm³/mol. The molecule has 22 heavy (non-hydrogen) atoms. The van der Waals surface area contributed by atoms with E-state index in [1.54, 1.807) is 6.92 Å². The van der Waals surface area contributed by atoms with Crippen molar-refractivity contribution >= 4 is 10.0 Å². The summed E-state index contributed by atoms with van der Waals surface area (Å²) in [5.74, 6) is 0.479. The number of piperidine rings is 1. The average Bonchev–Trinajstić information content (AvgIpc) is 2.47. The highest BCUT2D eigenvalue weighted by Crippen LogP contribution is 2.35. The van der Waals surface area contributed by atoms with Gasteiger partial charge < -0.3 is 4.74 Å². The molecule has 1 aromatic carbocycles. The van der Waals surface area contributed by atoms with Gasteiger partial charge in [0, 0.05) is 6.54 Å². The first-order valence-corrected chi connectivity index (χ1v) is 8.52. The summed E-state index contributed by atoms with van der Waals surface area (Å²) in [5.41, 5.74) is 0. The molecule has 0 aliphatic carbocycles. The lowest BCUT2D eigenvalue weighted by molar-refractivity contribution is -0.177. The van der Waals surface area contributed by atoms with Gasteiger partial charge in [-0.05, 0) is 44.0 Å². The molecule has 0 saturated carbocycles. The molecule has 1 unspecified atom stereocenters. The fourth-order valence-electron chi connectivity index (χ4n) is 2.53. The van der Waals surface area contributed by atoms with Crippen molar-refractivity contribution in [3.8, 4) is 5.75 Å². The zero-order valence-corrected chi connectivity index (χ0v) is 13.0. The first-order chi connectivity index (χ1) is 10.3. The highest BCUT2D eigenvalue weighted by atomic mass is 32.2. The number of ether oxygens (including phenoxy) is 1. The van der Waals surface area contributed by atoms with Gasteiger partial charge in [0.25, 0.3) is 0 Å². The van der Waals surface area contributed by atoms with E-state index in [2.05, 4.69) is 0 Å². The molecule has 1 aliphatic rings. The van der Waals surface area contributed by atoms with Crippen molar-refractivity contribution in [2.45, 2.75) is 43.3 Å². The van der Waals surface area contributed by atoms with Gasteiger partial charge in [-0.1, -0.05) is 6.42 Å². The largest absolute Gasteiger partial charge is 0.494 e. The molecular formula is C14H18F3NO3S. The molecule has 1 atom stereocenters. The van der Waals surface area contributed by atoms with Gasteiger partial charge >= 0.3 is 6.18 Å². The van der Waals surface area contributed by atoms with Crippen molar-refractivity contribution in [2.24, 2.45) is 0 Å².